The molecule has 24 heavy (non-hydrogen) atoms. The summed E-state index contributed by atoms with van der Waals surface area (Å²) in [6.07, 6.45) is 6.39. The van der Waals surface area contributed by atoms with Gasteiger partial charge in [0.2, 0.25) is 5.91 Å². The Kier molecular flexibility index (Phi) is 4.42. The number of nitrogens with zero attached hydrogens (tertiary/aromatic N) is 1. The monoisotopic (exact) mass is 349 g/mol. The number of hydrogen-bond acceptors (Lipinski definition) is 4. The first-order valence-electron chi connectivity index (χ1n) is 8.20. The first-order chi connectivity index (χ1) is 11.2. The number of furan rings is 1. The topological polar surface area (TPSA) is 67.6 Å². The van der Waals surface area contributed by atoms with Crippen molar-refractivity contribution in [1.82, 2.24) is 4.90 Å². The number of sulfone groups is 1. The van der Waals surface area contributed by atoms with E-state index in [0.717, 1.165) is 29.4 Å². The molecule has 1 heterocycles. The predicted octanol–water partition coefficient (Wildman–Crippen LogP) is 2.36. The third-order valence-corrected chi connectivity index (χ3v) is 5.90. The first kappa shape index (κ1) is 17.0. The molecule has 0 saturated carbocycles. The summed E-state index contributed by atoms with van der Waals surface area (Å²) in [4.78, 5) is 14.0. The number of rotatable bonds is 5. The molecule has 0 aliphatic heterocycles. The van der Waals surface area contributed by atoms with Crippen molar-refractivity contribution >= 4 is 26.7 Å². The number of carbonyl (C=O) groups excluding carboxylic acids is 1. The molecule has 1 atom stereocenters. The lowest BCUT2D eigenvalue weighted by Crippen LogP contribution is -2.40. The van der Waals surface area contributed by atoms with E-state index in [4.69, 9.17) is 4.42 Å². The average molecular weight is 349 g/mol. The Balaban J connectivity index is 1.78. The third-order valence-electron chi connectivity index (χ3n) is 4.81. The van der Waals surface area contributed by atoms with Crippen molar-refractivity contribution in [2.45, 2.75) is 38.6 Å². The number of carbonyl (C=O) groups is 1. The predicted molar refractivity (Wildman–Crippen MR) is 93.9 cm³/mol. The molecule has 1 aromatic heterocycles. The number of hydrogen-bond donors (Lipinski definition) is 0. The zero-order valence-corrected chi connectivity index (χ0v) is 15.1. The van der Waals surface area contributed by atoms with Crippen molar-refractivity contribution in [1.29, 1.82) is 0 Å². The van der Waals surface area contributed by atoms with Crippen LogP contribution in [-0.4, -0.2) is 44.3 Å². The molecule has 0 radical (unpaired) electrons. The highest BCUT2D eigenvalue weighted by Crippen LogP contribution is 2.30. The Morgan fingerprint density at radius 3 is 2.62 bits per heavy atom. The van der Waals surface area contributed by atoms with Crippen LogP contribution in [0, 0.1) is 0 Å². The Bertz CT molecular complexity index is 882. The maximum atomic E-state index is 12.5. The van der Waals surface area contributed by atoms with Crippen LogP contribution in [0.3, 0.4) is 0 Å². The maximum Gasteiger partial charge on any atom is 0.227 e. The van der Waals surface area contributed by atoms with E-state index in [1.165, 1.54) is 28.7 Å². The van der Waals surface area contributed by atoms with Crippen molar-refractivity contribution in [2.75, 3.05) is 19.1 Å². The molecule has 0 fully saturated rings. The van der Waals surface area contributed by atoms with E-state index in [2.05, 4.69) is 12.1 Å². The number of fused-ring (bicyclic) bond motifs is 2. The van der Waals surface area contributed by atoms with E-state index in [9.17, 15) is 13.2 Å². The molecule has 1 amide bonds. The van der Waals surface area contributed by atoms with E-state index in [-0.39, 0.29) is 24.1 Å². The SMILES string of the molecule is C[C@@H](CS(C)(=O)=O)N(C)C(=O)Cc1coc2cc3c(cc12)CCC3. The normalized spacial score (nSPS) is 15.5. The van der Waals surface area contributed by atoms with Gasteiger partial charge >= 0.3 is 0 Å². The molecule has 1 aliphatic carbocycles. The van der Waals surface area contributed by atoms with Crippen LogP contribution in [-0.2, 0) is 33.9 Å². The van der Waals surface area contributed by atoms with Gasteiger partial charge in [0.1, 0.15) is 15.4 Å². The minimum Gasteiger partial charge on any atom is -0.464 e. The van der Waals surface area contributed by atoms with Crippen molar-refractivity contribution in [3.63, 3.8) is 0 Å². The molecule has 0 spiro atoms. The van der Waals surface area contributed by atoms with Gasteiger partial charge in [-0.1, -0.05) is 0 Å². The summed E-state index contributed by atoms with van der Waals surface area (Å²) in [5.41, 5.74) is 4.37. The largest absolute Gasteiger partial charge is 0.464 e. The summed E-state index contributed by atoms with van der Waals surface area (Å²) in [6.45, 7) is 1.75. The summed E-state index contributed by atoms with van der Waals surface area (Å²) in [7, 11) is -1.47. The van der Waals surface area contributed by atoms with Crippen LogP contribution in [0.2, 0.25) is 0 Å². The van der Waals surface area contributed by atoms with Crippen LogP contribution in [0.25, 0.3) is 11.0 Å². The van der Waals surface area contributed by atoms with Crippen LogP contribution >= 0.6 is 0 Å². The van der Waals surface area contributed by atoms with Gasteiger partial charge in [0.15, 0.2) is 0 Å². The molecule has 2 aromatic rings. The molecular formula is C18H23NO4S. The van der Waals surface area contributed by atoms with E-state index in [1.807, 2.05) is 0 Å². The average Bonchev–Trinajstić information content (AvgIpc) is 3.09. The van der Waals surface area contributed by atoms with Gasteiger partial charge in [0.25, 0.3) is 0 Å². The Morgan fingerprint density at radius 1 is 1.29 bits per heavy atom. The number of aryl methyl sites for hydroxylation is 2. The Labute approximate surface area is 142 Å². The Morgan fingerprint density at radius 2 is 1.96 bits per heavy atom. The summed E-state index contributed by atoms with van der Waals surface area (Å²) in [5, 5.41) is 0.994. The number of benzene rings is 1. The highest BCUT2D eigenvalue weighted by Gasteiger charge is 2.22. The maximum absolute atomic E-state index is 12.5. The number of likely N-dealkylation sites (N-methyl/N-ethyl adjacent to an activating group) is 1. The minimum atomic E-state index is -3.12. The van der Waals surface area contributed by atoms with Gasteiger partial charge in [0.05, 0.1) is 18.4 Å². The van der Waals surface area contributed by atoms with Gasteiger partial charge in [-0.05, 0) is 49.4 Å². The van der Waals surface area contributed by atoms with E-state index in [1.54, 1.807) is 20.2 Å². The summed E-state index contributed by atoms with van der Waals surface area (Å²) < 4.78 is 28.5. The molecule has 1 aliphatic rings. The zero-order chi connectivity index (χ0) is 17.5. The molecule has 3 rings (SSSR count). The fourth-order valence-electron chi connectivity index (χ4n) is 3.37. The summed E-state index contributed by atoms with van der Waals surface area (Å²) >= 11 is 0. The second-order valence-corrected chi connectivity index (χ2v) is 9.04. The van der Waals surface area contributed by atoms with Crippen molar-refractivity contribution in [3.05, 3.63) is 35.1 Å². The van der Waals surface area contributed by atoms with Crippen LogP contribution in [0.5, 0.6) is 0 Å². The Hall–Kier alpha value is -1.82. The van der Waals surface area contributed by atoms with Gasteiger partial charge in [-0.15, -0.1) is 0 Å². The smallest absolute Gasteiger partial charge is 0.227 e. The number of amides is 1. The fourth-order valence-corrected chi connectivity index (χ4v) is 4.47. The third kappa shape index (κ3) is 3.48. The van der Waals surface area contributed by atoms with Gasteiger partial charge in [-0.3, -0.25) is 4.79 Å². The second-order valence-electron chi connectivity index (χ2n) is 6.85. The summed E-state index contributed by atoms with van der Waals surface area (Å²) in [6, 6.07) is 3.88. The van der Waals surface area contributed by atoms with E-state index in [0.29, 0.717) is 0 Å². The lowest BCUT2D eigenvalue weighted by Gasteiger charge is -2.24. The first-order valence-corrected chi connectivity index (χ1v) is 10.3. The van der Waals surface area contributed by atoms with Gasteiger partial charge in [-0.25, -0.2) is 8.42 Å². The second kappa shape index (κ2) is 6.24. The fraction of sp³-hybridized carbons (Fsp3) is 0.500. The molecule has 0 saturated heterocycles. The van der Waals surface area contributed by atoms with Crippen LogP contribution < -0.4 is 0 Å². The lowest BCUT2D eigenvalue weighted by atomic mass is 10.0. The molecule has 0 bridgehead atoms. The quantitative estimate of drug-likeness (QED) is 0.831. The lowest BCUT2D eigenvalue weighted by molar-refractivity contribution is -0.130. The molecule has 0 N–H and O–H groups in total. The molecular weight excluding hydrogens is 326 g/mol. The molecule has 130 valence electrons. The zero-order valence-electron chi connectivity index (χ0n) is 14.3. The van der Waals surface area contributed by atoms with Crippen LogP contribution in [0.15, 0.2) is 22.8 Å². The van der Waals surface area contributed by atoms with E-state index < -0.39 is 9.84 Å². The van der Waals surface area contributed by atoms with Gasteiger partial charge in [-0.2, -0.15) is 0 Å². The van der Waals surface area contributed by atoms with Crippen molar-refractivity contribution in [2.24, 2.45) is 0 Å². The molecule has 1 aromatic carbocycles. The van der Waals surface area contributed by atoms with E-state index >= 15 is 0 Å². The highest BCUT2D eigenvalue weighted by atomic mass is 32.2. The molecule has 5 nitrogen and oxygen atoms in total. The molecule has 0 unspecified atom stereocenters. The standard InChI is InChI=1S/C18H23NO4S/c1-12(11-24(3,21)22)19(2)18(20)9-15-10-23-17-8-14-6-4-5-13(14)7-16(15)17/h7-8,10,12H,4-6,9,11H2,1-3H3/t12-/m0/s1. The molecule has 6 heteroatoms. The van der Waals surface area contributed by atoms with Gasteiger partial charge in [0, 0.05) is 30.3 Å². The van der Waals surface area contributed by atoms with Gasteiger partial charge < -0.3 is 9.32 Å². The minimum absolute atomic E-state index is 0.0329. The van der Waals surface area contributed by atoms with Crippen LogP contribution in [0.1, 0.15) is 30.0 Å². The van der Waals surface area contributed by atoms with Crippen molar-refractivity contribution in [3.8, 4) is 0 Å². The summed E-state index contributed by atoms with van der Waals surface area (Å²) in [5.74, 6) is -0.135. The highest BCUT2D eigenvalue weighted by molar-refractivity contribution is 7.90. The van der Waals surface area contributed by atoms with Crippen LogP contribution in [0.4, 0.5) is 0 Å². The van der Waals surface area contributed by atoms with Crippen molar-refractivity contribution < 1.29 is 17.6 Å².